The molecule has 0 saturated carbocycles. The first-order valence-corrected chi connectivity index (χ1v) is 9.49. The number of nitrogens with zero attached hydrogens (tertiary/aromatic N) is 3. The van der Waals surface area contributed by atoms with Crippen LogP contribution in [0.4, 0.5) is 5.69 Å². The average molecular weight is 369 g/mol. The summed E-state index contributed by atoms with van der Waals surface area (Å²) in [7, 11) is 0. The minimum Gasteiger partial charge on any atom is -0.339 e. The van der Waals surface area contributed by atoms with Gasteiger partial charge in [0.1, 0.15) is 0 Å². The molecule has 1 fully saturated rings. The molecule has 0 aliphatic carbocycles. The number of carbonyl (C=O) groups excluding carboxylic acids is 2. The molecule has 2 N–H and O–H groups in total. The first kappa shape index (κ1) is 19.1. The number of hydrogen-bond acceptors (Lipinski definition) is 4. The molecule has 3 rings (SSSR count). The summed E-state index contributed by atoms with van der Waals surface area (Å²) in [5.41, 5.74) is 2.00. The number of nitrogens with one attached hydrogen (secondary N) is 2. The van der Waals surface area contributed by atoms with Gasteiger partial charge in [0.05, 0.1) is 6.04 Å². The van der Waals surface area contributed by atoms with Crippen molar-refractivity contribution in [1.82, 2.24) is 20.0 Å². The Labute approximate surface area is 159 Å². The molecule has 144 valence electrons. The second-order valence-corrected chi connectivity index (χ2v) is 6.83. The monoisotopic (exact) mass is 369 g/mol. The molecule has 1 aromatic carbocycles. The van der Waals surface area contributed by atoms with Crippen molar-refractivity contribution in [3.8, 4) is 0 Å². The molecule has 0 bridgehead atoms. The van der Waals surface area contributed by atoms with Gasteiger partial charge in [-0.25, -0.2) is 0 Å². The maximum Gasteiger partial charge on any atom is 0.276 e. The van der Waals surface area contributed by atoms with Gasteiger partial charge >= 0.3 is 0 Å². The van der Waals surface area contributed by atoms with E-state index in [-0.39, 0.29) is 11.8 Å². The molecule has 1 aliphatic rings. The molecule has 0 spiro atoms. The van der Waals surface area contributed by atoms with Crippen LogP contribution in [0.3, 0.4) is 0 Å². The van der Waals surface area contributed by atoms with Crippen LogP contribution >= 0.6 is 0 Å². The SMILES string of the molecule is CCN(Cc1ccccc1NC(=O)c1ccn(C2CCCNC2)n1)C(C)=O. The summed E-state index contributed by atoms with van der Waals surface area (Å²) in [5, 5.41) is 10.8. The van der Waals surface area contributed by atoms with Crippen LogP contribution in [0.25, 0.3) is 0 Å². The lowest BCUT2D eigenvalue weighted by atomic mass is 10.1. The van der Waals surface area contributed by atoms with Gasteiger partial charge in [0.25, 0.3) is 5.91 Å². The molecule has 1 aliphatic heterocycles. The van der Waals surface area contributed by atoms with Crippen LogP contribution in [0.15, 0.2) is 36.5 Å². The third-order valence-corrected chi connectivity index (χ3v) is 4.94. The van der Waals surface area contributed by atoms with E-state index in [4.69, 9.17) is 0 Å². The van der Waals surface area contributed by atoms with E-state index < -0.39 is 0 Å². The summed E-state index contributed by atoms with van der Waals surface area (Å²) in [6.07, 6.45) is 4.05. The molecule has 1 unspecified atom stereocenters. The van der Waals surface area contributed by atoms with E-state index >= 15 is 0 Å². The summed E-state index contributed by atoms with van der Waals surface area (Å²) >= 11 is 0. The lowest BCUT2D eigenvalue weighted by Crippen LogP contribution is -2.32. The number of piperidine rings is 1. The number of anilines is 1. The Morgan fingerprint density at radius 3 is 2.85 bits per heavy atom. The highest BCUT2D eigenvalue weighted by Gasteiger charge is 2.18. The van der Waals surface area contributed by atoms with Gasteiger partial charge in [-0.15, -0.1) is 0 Å². The van der Waals surface area contributed by atoms with Crippen molar-refractivity contribution in [2.75, 3.05) is 25.0 Å². The number of amides is 2. The van der Waals surface area contributed by atoms with Gasteiger partial charge < -0.3 is 15.5 Å². The maximum atomic E-state index is 12.7. The molecule has 2 heterocycles. The number of hydrogen-bond donors (Lipinski definition) is 2. The largest absolute Gasteiger partial charge is 0.339 e. The highest BCUT2D eigenvalue weighted by atomic mass is 16.2. The van der Waals surface area contributed by atoms with Gasteiger partial charge in [-0.3, -0.25) is 14.3 Å². The van der Waals surface area contributed by atoms with E-state index in [1.807, 2.05) is 42.1 Å². The fraction of sp³-hybridized carbons (Fsp3) is 0.450. The van der Waals surface area contributed by atoms with Crippen molar-refractivity contribution >= 4 is 17.5 Å². The van der Waals surface area contributed by atoms with Crippen LogP contribution in [0, 0.1) is 0 Å². The zero-order valence-corrected chi connectivity index (χ0v) is 15.9. The summed E-state index contributed by atoms with van der Waals surface area (Å²) in [5.74, 6) is -0.227. The number of rotatable bonds is 6. The lowest BCUT2D eigenvalue weighted by molar-refractivity contribution is -0.129. The van der Waals surface area contributed by atoms with Gasteiger partial charge in [0.2, 0.25) is 5.91 Å². The fourth-order valence-electron chi connectivity index (χ4n) is 3.34. The van der Waals surface area contributed by atoms with Crippen molar-refractivity contribution < 1.29 is 9.59 Å². The lowest BCUT2D eigenvalue weighted by Gasteiger charge is -2.23. The Kier molecular flexibility index (Phi) is 6.24. The molecule has 1 atom stereocenters. The van der Waals surface area contributed by atoms with E-state index in [2.05, 4.69) is 15.7 Å². The van der Waals surface area contributed by atoms with E-state index in [1.165, 1.54) is 0 Å². The minimum absolute atomic E-state index is 0.0125. The number of carbonyl (C=O) groups is 2. The van der Waals surface area contributed by atoms with Crippen LogP contribution in [0.2, 0.25) is 0 Å². The zero-order chi connectivity index (χ0) is 19.2. The maximum absolute atomic E-state index is 12.7. The minimum atomic E-state index is -0.240. The second kappa shape index (κ2) is 8.81. The second-order valence-electron chi connectivity index (χ2n) is 6.83. The summed E-state index contributed by atoms with van der Waals surface area (Å²) < 4.78 is 1.88. The van der Waals surface area contributed by atoms with E-state index in [0.29, 0.717) is 30.5 Å². The van der Waals surface area contributed by atoms with Crippen molar-refractivity contribution in [3.63, 3.8) is 0 Å². The topological polar surface area (TPSA) is 79.3 Å². The number of para-hydroxylation sites is 1. The quantitative estimate of drug-likeness (QED) is 0.820. The highest BCUT2D eigenvalue weighted by Crippen LogP contribution is 2.19. The Bertz CT molecular complexity index is 795. The van der Waals surface area contributed by atoms with Crippen LogP contribution in [-0.4, -0.2) is 46.1 Å². The third-order valence-electron chi connectivity index (χ3n) is 4.94. The Hall–Kier alpha value is -2.67. The Balaban J connectivity index is 1.71. The molecule has 7 nitrogen and oxygen atoms in total. The third kappa shape index (κ3) is 4.74. The van der Waals surface area contributed by atoms with Gasteiger partial charge in [-0.1, -0.05) is 18.2 Å². The van der Waals surface area contributed by atoms with Crippen molar-refractivity contribution in [3.05, 3.63) is 47.8 Å². The predicted molar refractivity (Wildman–Crippen MR) is 105 cm³/mol. The normalized spacial score (nSPS) is 16.7. The fourth-order valence-corrected chi connectivity index (χ4v) is 3.34. The van der Waals surface area contributed by atoms with E-state index in [9.17, 15) is 9.59 Å². The van der Waals surface area contributed by atoms with Gasteiger partial charge in [-0.2, -0.15) is 5.10 Å². The molecule has 0 radical (unpaired) electrons. The highest BCUT2D eigenvalue weighted by molar-refractivity contribution is 6.03. The van der Waals surface area contributed by atoms with Gasteiger partial charge in [0.15, 0.2) is 5.69 Å². The molecule has 1 aromatic heterocycles. The van der Waals surface area contributed by atoms with Crippen molar-refractivity contribution in [2.45, 2.75) is 39.3 Å². The summed E-state index contributed by atoms with van der Waals surface area (Å²) in [6.45, 7) is 6.50. The molecule has 7 heteroatoms. The smallest absolute Gasteiger partial charge is 0.276 e. The van der Waals surface area contributed by atoms with Gasteiger partial charge in [-0.05, 0) is 44.0 Å². The molecule has 2 amide bonds. The van der Waals surface area contributed by atoms with Crippen LogP contribution in [-0.2, 0) is 11.3 Å². The molecule has 27 heavy (non-hydrogen) atoms. The number of benzene rings is 1. The molecular formula is C20H27N5O2. The summed E-state index contributed by atoms with van der Waals surface area (Å²) in [4.78, 5) is 26.1. The molecule has 1 saturated heterocycles. The van der Waals surface area contributed by atoms with Crippen molar-refractivity contribution in [2.24, 2.45) is 0 Å². The number of aromatic nitrogens is 2. The standard InChI is InChI=1S/C20H27N5O2/c1-3-24(15(2)26)14-16-7-4-5-9-18(16)22-20(27)19-10-12-25(23-19)17-8-6-11-21-13-17/h4-5,7,9-10,12,17,21H,3,6,8,11,13-14H2,1-2H3,(H,22,27). The predicted octanol–water partition coefficient (Wildman–Crippen LogP) is 2.43. The van der Waals surface area contributed by atoms with E-state index in [0.717, 1.165) is 31.5 Å². The first-order valence-electron chi connectivity index (χ1n) is 9.49. The average Bonchev–Trinajstić information content (AvgIpc) is 3.18. The summed E-state index contributed by atoms with van der Waals surface area (Å²) in [6, 6.07) is 9.59. The first-order chi connectivity index (χ1) is 13.1. The molecular weight excluding hydrogens is 342 g/mol. The van der Waals surface area contributed by atoms with Crippen molar-refractivity contribution in [1.29, 1.82) is 0 Å². The molecule has 2 aromatic rings. The van der Waals surface area contributed by atoms with Crippen LogP contribution < -0.4 is 10.6 Å². The Morgan fingerprint density at radius 1 is 1.33 bits per heavy atom. The van der Waals surface area contributed by atoms with Crippen LogP contribution in [0.5, 0.6) is 0 Å². The zero-order valence-electron chi connectivity index (χ0n) is 15.9. The Morgan fingerprint density at radius 2 is 2.15 bits per heavy atom. The van der Waals surface area contributed by atoms with Gasteiger partial charge in [0, 0.05) is 38.4 Å². The van der Waals surface area contributed by atoms with E-state index in [1.54, 1.807) is 17.9 Å². The van der Waals surface area contributed by atoms with Crippen LogP contribution in [0.1, 0.15) is 48.8 Å².